The van der Waals surface area contributed by atoms with Gasteiger partial charge in [-0.05, 0) is 30.0 Å². The Morgan fingerprint density at radius 2 is 2.05 bits per heavy atom. The average Bonchev–Trinajstić information content (AvgIpc) is 2.35. The molecular weight excluding hydrogens is 244 g/mol. The molecule has 0 aliphatic rings. The molecule has 0 saturated carbocycles. The molecule has 0 aliphatic heterocycles. The lowest BCUT2D eigenvalue weighted by Gasteiger charge is -2.14. The molecule has 0 spiro atoms. The number of hydrogen-bond donors (Lipinski definition) is 3. The smallest absolute Gasteiger partial charge is 0.335 e. The van der Waals surface area contributed by atoms with Crippen LogP contribution in [0.1, 0.15) is 36.2 Å². The van der Waals surface area contributed by atoms with Crippen molar-refractivity contribution < 1.29 is 14.7 Å². The van der Waals surface area contributed by atoms with Gasteiger partial charge in [-0.1, -0.05) is 26.0 Å². The highest BCUT2D eigenvalue weighted by Crippen LogP contribution is 2.06. The van der Waals surface area contributed by atoms with Gasteiger partial charge in [0.05, 0.1) is 11.6 Å². The predicted octanol–water partition coefficient (Wildman–Crippen LogP) is 1.37. The number of hydrogen-bond acceptors (Lipinski definition) is 3. The second-order valence-corrected chi connectivity index (χ2v) is 4.96. The van der Waals surface area contributed by atoms with Crippen molar-refractivity contribution in [1.29, 1.82) is 0 Å². The second kappa shape index (κ2) is 6.89. The highest BCUT2D eigenvalue weighted by Gasteiger charge is 2.14. The summed E-state index contributed by atoms with van der Waals surface area (Å²) in [5.41, 5.74) is 6.70. The van der Waals surface area contributed by atoms with Crippen LogP contribution in [-0.4, -0.2) is 23.0 Å². The fourth-order valence-corrected chi connectivity index (χ4v) is 1.75. The normalized spacial score (nSPS) is 12.2. The third kappa shape index (κ3) is 5.09. The Morgan fingerprint density at radius 1 is 1.37 bits per heavy atom. The van der Waals surface area contributed by atoms with Crippen LogP contribution >= 0.6 is 0 Å². The van der Waals surface area contributed by atoms with Crippen molar-refractivity contribution >= 4 is 11.9 Å². The van der Waals surface area contributed by atoms with Gasteiger partial charge in [-0.15, -0.1) is 0 Å². The van der Waals surface area contributed by atoms with Crippen molar-refractivity contribution in [2.45, 2.75) is 32.9 Å². The van der Waals surface area contributed by atoms with Gasteiger partial charge in [0, 0.05) is 6.54 Å². The van der Waals surface area contributed by atoms with Crippen LogP contribution in [0.25, 0.3) is 0 Å². The number of rotatable bonds is 6. The lowest BCUT2D eigenvalue weighted by Crippen LogP contribution is -2.41. The SMILES string of the molecule is CC(C)CC(N)C(=O)NCc1cccc(C(=O)O)c1. The third-order valence-corrected chi connectivity index (χ3v) is 2.70. The summed E-state index contributed by atoms with van der Waals surface area (Å²) in [6, 6.07) is 5.94. The van der Waals surface area contributed by atoms with Crippen molar-refractivity contribution in [3.05, 3.63) is 35.4 Å². The van der Waals surface area contributed by atoms with E-state index < -0.39 is 12.0 Å². The second-order valence-electron chi connectivity index (χ2n) is 4.96. The summed E-state index contributed by atoms with van der Waals surface area (Å²) in [4.78, 5) is 22.5. The monoisotopic (exact) mass is 264 g/mol. The number of nitrogens with one attached hydrogen (secondary N) is 1. The van der Waals surface area contributed by atoms with Gasteiger partial charge >= 0.3 is 5.97 Å². The Morgan fingerprint density at radius 3 is 2.63 bits per heavy atom. The Labute approximate surface area is 112 Å². The quantitative estimate of drug-likeness (QED) is 0.723. The molecule has 0 bridgehead atoms. The minimum atomic E-state index is -0.982. The van der Waals surface area contributed by atoms with Crippen molar-refractivity contribution in [2.24, 2.45) is 11.7 Å². The zero-order chi connectivity index (χ0) is 14.4. The standard InChI is InChI=1S/C14H20N2O3/c1-9(2)6-12(15)13(17)16-8-10-4-3-5-11(7-10)14(18)19/h3-5,7,9,12H,6,8,15H2,1-2H3,(H,16,17)(H,18,19). The first-order valence-electron chi connectivity index (χ1n) is 6.25. The van der Waals surface area contributed by atoms with E-state index in [0.29, 0.717) is 12.3 Å². The highest BCUT2D eigenvalue weighted by atomic mass is 16.4. The van der Waals surface area contributed by atoms with Gasteiger partial charge in [0.1, 0.15) is 0 Å². The fourth-order valence-electron chi connectivity index (χ4n) is 1.75. The summed E-state index contributed by atoms with van der Waals surface area (Å²) >= 11 is 0. The first-order chi connectivity index (χ1) is 8.90. The Bertz CT molecular complexity index is 458. The molecule has 1 unspecified atom stereocenters. The maximum absolute atomic E-state index is 11.7. The van der Waals surface area contributed by atoms with E-state index in [1.807, 2.05) is 13.8 Å². The predicted molar refractivity (Wildman–Crippen MR) is 72.7 cm³/mol. The molecule has 104 valence electrons. The topological polar surface area (TPSA) is 92.4 Å². The summed E-state index contributed by atoms with van der Waals surface area (Å²) in [5.74, 6) is -0.838. The molecule has 1 atom stereocenters. The molecule has 5 nitrogen and oxygen atoms in total. The number of benzene rings is 1. The maximum Gasteiger partial charge on any atom is 0.335 e. The van der Waals surface area contributed by atoms with Crippen molar-refractivity contribution in [3.63, 3.8) is 0 Å². The number of amides is 1. The van der Waals surface area contributed by atoms with Crippen LogP contribution in [0.15, 0.2) is 24.3 Å². The van der Waals surface area contributed by atoms with E-state index in [0.717, 1.165) is 5.56 Å². The van der Waals surface area contributed by atoms with Gasteiger partial charge in [0.2, 0.25) is 5.91 Å². The van der Waals surface area contributed by atoms with E-state index in [1.165, 1.54) is 12.1 Å². The van der Waals surface area contributed by atoms with Gasteiger partial charge < -0.3 is 16.2 Å². The Balaban J connectivity index is 2.54. The van der Waals surface area contributed by atoms with E-state index in [-0.39, 0.29) is 18.0 Å². The molecule has 0 radical (unpaired) electrons. The molecule has 19 heavy (non-hydrogen) atoms. The first kappa shape index (κ1) is 15.2. The molecular formula is C14H20N2O3. The zero-order valence-electron chi connectivity index (χ0n) is 11.2. The summed E-state index contributed by atoms with van der Waals surface area (Å²) in [6.07, 6.45) is 0.626. The maximum atomic E-state index is 11.7. The van der Waals surface area contributed by atoms with Crippen molar-refractivity contribution in [2.75, 3.05) is 0 Å². The molecule has 0 heterocycles. The molecule has 0 fully saturated rings. The molecule has 0 saturated heterocycles. The highest BCUT2D eigenvalue weighted by molar-refractivity contribution is 5.87. The van der Waals surface area contributed by atoms with Gasteiger partial charge in [-0.3, -0.25) is 4.79 Å². The average molecular weight is 264 g/mol. The van der Waals surface area contributed by atoms with Crippen LogP contribution in [0.2, 0.25) is 0 Å². The van der Waals surface area contributed by atoms with Crippen LogP contribution in [0.4, 0.5) is 0 Å². The van der Waals surface area contributed by atoms with Crippen LogP contribution in [-0.2, 0) is 11.3 Å². The van der Waals surface area contributed by atoms with E-state index in [1.54, 1.807) is 12.1 Å². The lowest BCUT2D eigenvalue weighted by molar-refractivity contribution is -0.122. The molecule has 1 amide bonds. The van der Waals surface area contributed by atoms with Crippen molar-refractivity contribution in [3.8, 4) is 0 Å². The molecule has 4 N–H and O–H groups in total. The molecule has 0 aliphatic carbocycles. The lowest BCUT2D eigenvalue weighted by atomic mass is 10.0. The molecule has 1 aromatic carbocycles. The minimum Gasteiger partial charge on any atom is -0.478 e. The minimum absolute atomic E-state index is 0.207. The van der Waals surface area contributed by atoms with E-state index >= 15 is 0 Å². The largest absolute Gasteiger partial charge is 0.478 e. The number of carboxylic acids is 1. The van der Waals surface area contributed by atoms with Gasteiger partial charge in [-0.25, -0.2) is 4.79 Å². The molecule has 0 aromatic heterocycles. The Hall–Kier alpha value is -1.88. The number of carboxylic acid groups (broad SMARTS) is 1. The first-order valence-corrected chi connectivity index (χ1v) is 6.25. The number of nitrogens with two attached hydrogens (primary N) is 1. The van der Waals surface area contributed by atoms with Crippen LogP contribution < -0.4 is 11.1 Å². The van der Waals surface area contributed by atoms with Crippen molar-refractivity contribution in [1.82, 2.24) is 5.32 Å². The zero-order valence-corrected chi connectivity index (χ0v) is 11.2. The van der Waals surface area contributed by atoms with Gasteiger partial charge in [0.15, 0.2) is 0 Å². The number of carbonyl (C=O) groups excluding carboxylic acids is 1. The molecule has 1 aromatic rings. The summed E-state index contributed by atoms with van der Waals surface area (Å²) in [7, 11) is 0. The van der Waals surface area contributed by atoms with Crippen LogP contribution in [0, 0.1) is 5.92 Å². The fraction of sp³-hybridized carbons (Fsp3) is 0.429. The Kier molecular flexibility index (Phi) is 5.51. The van der Waals surface area contributed by atoms with Gasteiger partial charge in [-0.2, -0.15) is 0 Å². The number of carbonyl (C=O) groups is 2. The van der Waals surface area contributed by atoms with Gasteiger partial charge in [0.25, 0.3) is 0 Å². The van der Waals surface area contributed by atoms with E-state index in [4.69, 9.17) is 10.8 Å². The van der Waals surface area contributed by atoms with Crippen LogP contribution in [0.3, 0.4) is 0 Å². The molecule has 1 rings (SSSR count). The third-order valence-electron chi connectivity index (χ3n) is 2.70. The summed E-state index contributed by atoms with van der Waals surface area (Å²) < 4.78 is 0. The molecule has 5 heteroatoms. The van der Waals surface area contributed by atoms with E-state index in [9.17, 15) is 9.59 Å². The summed E-state index contributed by atoms with van der Waals surface area (Å²) in [5, 5.41) is 11.6. The number of aromatic carboxylic acids is 1. The van der Waals surface area contributed by atoms with E-state index in [2.05, 4.69) is 5.32 Å². The summed E-state index contributed by atoms with van der Waals surface area (Å²) in [6.45, 7) is 4.29. The van der Waals surface area contributed by atoms with Crippen LogP contribution in [0.5, 0.6) is 0 Å².